The second kappa shape index (κ2) is 11.8. The number of nitrogens with one attached hydrogen (secondary N) is 3. The van der Waals surface area contributed by atoms with Gasteiger partial charge in [-0.05, 0) is 60.2 Å². The molecule has 0 amide bonds. The molecule has 2 atom stereocenters. The molecular formula is C33H39N3. The van der Waals surface area contributed by atoms with Gasteiger partial charge in [0.1, 0.15) is 0 Å². The highest BCUT2D eigenvalue weighted by Gasteiger charge is 2.44. The van der Waals surface area contributed by atoms with Gasteiger partial charge in [-0.3, -0.25) is 0 Å². The summed E-state index contributed by atoms with van der Waals surface area (Å²) in [6.45, 7) is 2.93. The fraction of sp³-hybridized carbons (Fsp3) is 0.333. The molecule has 0 aromatic heterocycles. The molecule has 5 rings (SSSR count). The Morgan fingerprint density at radius 2 is 1.28 bits per heavy atom. The largest absolute Gasteiger partial charge is 0.318 e. The Morgan fingerprint density at radius 3 is 2.00 bits per heavy atom. The van der Waals surface area contributed by atoms with Crippen LogP contribution in [0.1, 0.15) is 29.5 Å². The number of hydrogen-bond acceptors (Lipinski definition) is 3. The smallest absolute Gasteiger partial charge is 0.0233 e. The average molecular weight is 478 g/mol. The van der Waals surface area contributed by atoms with Gasteiger partial charge >= 0.3 is 0 Å². The van der Waals surface area contributed by atoms with Gasteiger partial charge in [0.2, 0.25) is 0 Å². The van der Waals surface area contributed by atoms with Crippen molar-refractivity contribution in [1.29, 1.82) is 0 Å². The molecule has 1 saturated carbocycles. The number of benzene rings is 4. The third-order valence-electron chi connectivity index (χ3n) is 7.69. The summed E-state index contributed by atoms with van der Waals surface area (Å²) in [4.78, 5) is 0. The molecule has 3 heteroatoms. The van der Waals surface area contributed by atoms with Crippen molar-refractivity contribution in [3.8, 4) is 0 Å². The van der Waals surface area contributed by atoms with Crippen molar-refractivity contribution >= 4 is 10.8 Å². The summed E-state index contributed by atoms with van der Waals surface area (Å²) in [5.74, 6) is 0. The van der Waals surface area contributed by atoms with E-state index >= 15 is 0 Å². The molecule has 0 aliphatic heterocycles. The monoisotopic (exact) mass is 477 g/mol. The van der Waals surface area contributed by atoms with Gasteiger partial charge in [-0.1, -0.05) is 103 Å². The number of rotatable bonds is 13. The lowest BCUT2D eigenvalue weighted by Crippen LogP contribution is -2.48. The zero-order chi connectivity index (χ0) is 24.6. The van der Waals surface area contributed by atoms with E-state index in [1.807, 2.05) is 7.05 Å². The van der Waals surface area contributed by atoms with Crippen LogP contribution in [0.5, 0.6) is 0 Å². The molecule has 186 valence electrons. The van der Waals surface area contributed by atoms with Crippen LogP contribution in [0.4, 0.5) is 0 Å². The van der Waals surface area contributed by atoms with E-state index in [0.29, 0.717) is 17.5 Å². The molecule has 1 aliphatic rings. The lowest BCUT2D eigenvalue weighted by Gasteiger charge is -2.27. The summed E-state index contributed by atoms with van der Waals surface area (Å²) in [6.07, 6.45) is 4.59. The van der Waals surface area contributed by atoms with E-state index in [2.05, 4.69) is 119 Å². The summed E-state index contributed by atoms with van der Waals surface area (Å²) in [6, 6.07) is 38.2. The maximum Gasteiger partial charge on any atom is 0.0233 e. The first kappa shape index (κ1) is 24.7. The van der Waals surface area contributed by atoms with Crippen molar-refractivity contribution in [1.82, 2.24) is 16.0 Å². The predicted octanol–water partition coefficient (Wildman–Crippen LogP) is 5.49. The molecule has 1 aliphatic carbocycles. The highest BCUT2D eigenvalue weighted by molar-refractivity contribution is 5.83. The van der Waals surface area contributed by atoms with Gasteiger partial charge in [0, 0.05) is 37.1 Å². The van der Waals surface area contributed by atoms with Crippen molar-refractivity contribution in [2.45, 2.75) is 43.2 Å². The Labute approximate surface area is 216 Å². The Hall–Kier alpha value is -2.98. The van der Waals surface area contributed by atoms with Crippen molar-refractivity contribution in [3.05, 3.63) is 120 Å². The summed E-state index contributed by atoms with van der Waals surface area (Å²) in [7, 11) is 2.04. The van der Waals surface area contributed by atoms with Crippen molar-refractivity contribution in [3.63, 3.8) is 0 Å². The Kier molecular flexibility index (Phi) is 8.12. The van der Waals surface area contributed by atoms with Crippen LogP contribution in [0.2, 0.25) is 0 Å². The molecule has 4 aromatic rings. The Balaban J connectivity index is 1.29. The molecule has 0 unspecified atom stereocenters. The van der Waals surface area contributed by atoms with Gasteiger partial charge in [0.25, 0.3) is 0 Å². The number of likely N-dealkylation sites (N-methyl/N-ethyl adjacent to an activating group) is 1. The molecular weight excluding hydrogens is 438 g/mol. The molecule has 0 spiro atoms. The number of fused-ring (bicyclic) bond motifs is 1. The normalized spacial score (nSPS) is 16.0. The Morgan fingerprint density at radius 1 is 0.639 bits per heavy atom. The van der Waals surface area contributed by atoms with Crippen molar-refractivity contribution in [2.24, 2.45) is 0 Å². The van der Waals surface area contributed by atoms with Crippen LogP contribution in [0, 0.1) is 0 Å². The highest BCUT2D eigenvalue weighted by Crippen LogP contribution is 2.47. The molecule has 0 radical (unpaired) electrons. The van der Waals surface area contributed by atoms with Gasteiger partial charge in [-0.25, -0.2) is 0 Å². The maximum atomic E-state index is 4.00. The summed E-state index contributed by atoms with van der Waals surface area (Å²) in [5.41, 5.74) is 4.56. The minimum Gasteiger partial charge on any atom is -0.318 e. The Bertz CT molecular complexity index is 1220. The fourth-order valence-electron chi connectivity index (χ4n) is 5.39. The lowest BCUT2D eigenvalue weighted by molar-refractivity contribution is 0.404. The minimum atomic E-state index is 0.303. The minimum absolute atomic E-state index is 0.303. The van der Waals surface area contributed by atoms with E-state index in [0.717, 1.165) is 32.5 Å². The van der Waals surface area contributed by atoms with Crippen molar-refractivity contribution < 1.29 is 0 Å². The first-order chi connectivity index (χ1) is 17.7. The van der Waals surface area contributed by atoms with Gasteiger partial charge in [-0.2, -0.15) is 0 Å². The molecule has 3 N–H and O–H groups in total. The van der Waals surface area contributed by atoms with E-state index in [1.54, 1.807) is 0 Å². The zero-order valence-electron chi connectivity index (χ0n) is 21.4. The van der Waals surface area contributed by atoms with Crippen LogP contribution in [0.3, 0.4) is 0 Å². The van der Waals surface area contributed by atoms with E-state index in [4.69, 9.17) is 0 Å². The van der Waals surface area contributed by atoms with Gasteiger partial charge < -0.3 is 16.0 Å². The summed E-state index contributed by atoms with van der Waals surface area (Å²) >= 11 is 0. The first-order valence-corrected chi connectivity index (χ1v) is 13.4. The lowest BCUT2D eigenvalue weighted by atomic mass is 9.95. The van der Waals surface area contributed by atoms with Crippen LogP contribution < -0.4 is 16.0 Å². The highest BCUT2D eigenvalue weighted by atomic mass is 15.0. The van der Waals surface area contributed by atoms with E-state index in [-0.39, 0.29) is 0 Å². The van der Waals surface area contributed by atoms with Gasteiger partial charge in [0.05, 0.1) is 0 Å². The van der Waals surface area contributed by atoms with Crippen LogP contribution in [-0.2, 0) is 18.3 Å². The third-order valence-corrected chi connectivity index (χ3v) is 7.69. The quantitative estimate of drug-likeness (QED) is 0.238. The summed E-state index contributed by atoms with van der Waals surface area (Å²) in [5, 5.41) is 13.9. The zero-order valence-corrected chi connectivity index (χ0v) is 21.4. The van der Waals surface area contributed by atoms with Crippen LogP contribution in [0.15, 0.2) is 103 Å². The second-order valence-corrected chi connectivity index (χ2v) is 10.5. The first-order valence-electron chi connectivity index (χ1n) is 13.4. The van der Waals surface area contributed by atoms with Crippen LogP contribution >= 0.6 is 0 Å². The van der Waals surface area contributed by atoms with Gasteiger partial charge in [-0.15, -0.1) is 0 Å². The van der Waals surface area contributed by atoms with E-state index in [9.17, 15) is 0 Å². The average Bonchev–Trinajstić information content (AvgIpc) is 3.72. The second-order valence-electron chi connectivity index (χ2n) is 10.5. The maximum absolute atomic E-state index is 4.00. The SMILES string of the molecule is CNC[C@@H](Cc1ccccc1)NC[C@H](Cc1ccc2ccccc2c1)NCC1(c2ccccc2)CC1. The molecule has 4 aromatic carbocycles. The molecule has 3 nitrogen and oxygen atoms in total. The standard InChI is InChI=1S/C33H39N3/c1-34-23-31(21-26-10-4-2-5-11-26)35-24-32(22-27-16-17-28-12-8-9-13-29(28)20-27)36-25-33(18-19-33)30-14-6-3-7-15-30/h2-17,20,31-32,34-36H,18-19,21-25H2,1H3/t31-,32+/m1/s1. The van der Waals surface area contributed by atoms with E-state index in [1.165, 1.54) is 40.3 Å². The fourth-order valence-corrected chi connectivity index (χ4v) is 5.39. The van der Waals surface area contributed by atoms with Crippen LogP contribution in [-0.4, -0.2) is 38.8 Å². The topological polar surface area (TPSA) is 36.1 Å². The van der Waals surface area contributed by atoms with E-state index < -0.39 is 0 Å². The van der Waals surface area contributed by atoms with Crippen molar-refractivity contribution in [2.75, 3.05) is 26.7 Å². The molecule has 0 heterocycles. The molecule has 36 heavy (non-hydrogen) atoms. The van der Waals surface area contributed by atoms with Crippen LogP contribution in [0.25, 0.3) is 10.8 Å². The predicted molar refractivity (Wildman–Crippen MR) is 153 cm³/mol. The molecule has 0 saturated heterocycles. The number of hydrogen-bond donors (Lipinski definition) is 3. The van der Waals surface area contributed by atoms with Gasteiger partial charge in [0.15, 0.2) is 0 Å². The third kappa shape index (κ3) is 6.41. The molecule has 1 fully saturated rings. The summed E-state index contributed by atoms with van der Waals surface area (Å²) < 4.78 is 0. The molecule has 0 bridgehead atoms.